The van der Waals surface area contributed by atoms with Gasteiger partial charge in [-0.2, -0.15) is 0 Å². The molecule has 10 aromatic carbocycles. The maximum atomic E-state index is 2.77. The van der Waals surface area contributed by atoms with Crippen LogP contribution in [0.5, 0.6) is 0 Å². The molecule has 5 heteroatoms. The molecular formula is C133H203N5. The minimum atomic E-state index is 0.123. The molecule has 0 bridgehead atoms. The van der Waals surface area contributed by atoms with E-state index in [0.717, 1.165) is 32.1 Å². The third-order valence-corrected chi connectivity index (χ3v) is 31.1. The van der Waals surface area contributed by atoms with Gasteiger partial charge in [0.2, 0.25) is 0 Å². The summed E-state index contributed by atoms with van der Waals surface area (Å²) in [7, 11) is 0. The molecular weight excluding hydrogens is 1670 g/mol. The molecule has 10 aromatic rings. The molecule has 5 aliphatic rings. The van der Waals surface area contributed by atoms with Crippen LogP contribution in [0.1, 0.15) is 466 Å². The fourth-order valence-electron chi connectivity index (χ4n) is 25.0. The van der Waals surface area contributed by atoms with Crippen molar-refractivity contribution < 1.29 is 0 Å². The highest BCUT2D eigenvalue weighted by atomic mass is 15.3. The zero-order valence-electron chi connectivity index (χ0n) is 97.0. The first kappa shape index (κ1) is 118. The van der Waals surface area contributed by atoms with E-state index in [4.69, 9.17) is 0 Å². The van der Waals surface area contributed by atoms with Crippen molar-refractivity contribution in [1.29, 1.82) is 0 Å². The van der Waals surface area contributed by atoms with Crippen molar-refractivity contribution in [3.63, 3.8) is 0 Å². The number of aryl methyl sites for hydroxylation is 7. The molecule has 5 nitrogen and oxygen atoms in total. The van der Waals surface area contributed by atoms with Crippen molar-refractivity contribution in [3.05, 3.63) is 301 Å². The van der Waals surface area contributed by atoms with Crippen LogP contribution >= 0.6 is 0 Å². The topological polar surface area (TPSA) is 16.2 Å². The lowest BCUT2D eigenvalue weighted by Crippen LogP contribution is -2.44. The Bertz CT molecular complexity index is 5140. The van der Waals surface area contributed by atoms with Crippen LogP contribution in [0.25, 0.3) is 10.8 Å². The minimum absolute atomic E-state index is 0.123. The first-order valence-corrected chi connectivity index (χ1v) is 55.4. The number of hydrogen-bond acceptors (Lipinski definition) is 5. The van der Waals surface area contributed by atoms with Gasteiger partial charge in [0.1, 0.15) is 0 Å². The first-order valence-electron chi connectivity index (χ1n) is 55.4. The van der Waals surface area contributed by atoms with Gasteiger partial charge in [-0.25, -0.2) is 0 Å². The predicted octanol–water partition coefficient (Wildman–Crippen LogP) is 39.0. The average Bonchev–Trinajstić information content (AvgIpc) is 1.74. The van der Waals surface area contributed by atoms with Crippen molar-refractivity contribution in [2.24, 2.45) is 5.41 Å². The van der Waals surface area contributed by atoms with E-state index in [1.807, 2.05) is 69.2 Å². The molecule has 5 aliphatic heterocycles. The Labute approximate surface area is 851 Å². The monoisotopic (exact) mass is 1870 g/mol. The van der Waals surface area contributed by atoms with Crippen molar-refractivity contribution in [3.8, 4) is 0 Å². The quantitative estimate of drug-likeness (QED) is 0.0848. The first-order chi connectivity index (χ1) is 65.2. The summed E-state index contributed by atoms with van der Waals surface area (Å²) in [5, 5.41) is 2.82. The van der Waals surface area contributed by atoms with Gasteiger partial charge in [0.05, 0.1) is 0 Å². The van der Waals surface area contributed by atoms with Crippen molar-refractivity contribution in [2.75, 3.05) is 24.5 Å². The van der Waals surface area contributed by atoms with Crippen LogP contribution < -0.4 is 24.5 Å². The summed E-state index contributed by atoms with van der Waals surface area (Å²) in [4.78, 5) is 13.7. The molecule has 138 heavy (non-hydrogen) atoms. The average molecular weight is 1870 g/mol. The molecule has 0 aliphatic carbocycles. The number of fused-ring (bicyclic) bond motifs is 1. The van der Waals surface area contributed by atoms with Crippen molar-refractivity contribution in [1.82, 2.24) is 0 Å². The SMILES string of the molecule is CC.CC.CC.CC.CC.CC(C)c1cccc(C(C)C)c1N1[C@@H](C)C(C)(C)CC1(C)C.CC(C)c1cccc(C(C)C)c1N1[C@@H](C)C(c2ccccc2)CC1(C)C.CCc1cccc(C(C)(C)C)c1N1[C@@H](C)C(c2ccccc2)CC1(C)C.CCc1cccc(CC)c1N1[C@@H](C)C(c2c(C)ccc3ccc(C)cc23)CC1(C)C.CCc1cccc(CC)c1N1[C@@H](C)C(c2ccccc2)CC1(C)C. The number of hydrogen-bond donors (Lipinski definition) is 0. The molecule has 0 radical (unpaired) electrons. The van der Waals surface area contributed by atoms with Gasteiger partial charge >= 0.3 is 0 Å². The normalized spacial score (nSPS) is 21.0. The number of nitrogens with zero attached hydrogens (tertiary/aromatic N) is 5. The molecule has 0 N–H and O–H groups in total. The minimum Gasteiger partial charge on any atom is -0.363 e. The molecule has 5 fully saturated rings. The zero-order chi connectivity index (χ0) is 104. The van der Waals surface area contributed by atoms with Crippen molar-refractivity contribution >= 4 is 39.2 Å². The standard InChI is InChI=1S/C29H37N.2C25H35N.C23H31N.C21H35N.5C2H6/c1-8-22-11-10-12-23(9-2)28(22)30-21(5)26(18-29(30,6)7)27-20(4)14-16-24-15-13-19(3)17-25(24)27;1-17(2)21-14-11-15-22(18(3)4)24(21)26-19(5)23(16-25(26,6)7)20-12-9-8-10-13-20;1-8-19-15-12-16-22(24(3,4)5)23(19)26-18(2)21(17-25(26,6)7)20-13-10-9-11-14-20;1-6-18-14-11-15-19(7-2)22(18)24-17(3)21(16-23(24,4)5)20-12-9-8-10-13-20;1-14(2)17-11-10-12-18(15(3)4)19(17)22-16(5)20(6,7)13-21(22,8)9;5*1-2/h10-17,21,26H,8-9,18H2,1-7H3;8-15,17-19,23H,16H2,1-7H3;9-16,18,21H,8,17H2,1-7H3;8-15,17,21H,6-7,16H2,1-5H3;10-12,14-16H,13H2,1-9H3;5*1-2H3/t21-,26?;19-,23?;18-,21?;17-,21?;16-;;;;;/m00000...../s1. The smallest absolute Gasteiger partial charge is 0.0443 e. The summed E-state index contributed by atoms with van der Waals surface area (Å²) in [6, 6.07) is 81.8. The fourth-order valence-corrected chi connectivity index (χ4v) is 25.0. The van der Waals surface area contributed by atoms with E-state index in [-0.39, 0.29) is 33.1 Å². The molecule has 760 valence electrons. The van der Waals surface area contributed by atoms with Crippen LogP contribution in [-0.4, -0.2) is 57.9 Å². The molecule has 0 amide bonds. The van der Waals surface area contributed by atoms with E-state index in [0.29, 0.717) is 83.0 Å². The summed E-state index contributed by atoms with van der Waals surface area (Å²) in [6.07, 6.45) is 11.5. The van der Waals surface area contributed by atoms with Gasteiger partial charge in [0.25, 0.3) is 0 Å². The third-order valence-electron chi connectivity index (χ3n) is 31.1. The number of anilines is 5. The Hall–Kier alpha value is -8.54. The van der Waals surface area contributed by atoms with Gasteiger partial charge in [-0.15, -0.1) is 0 Å². The van der Waals surface area contributed by atoms with Crippen LogP contribution in [0.4, 0.5) is 28.4 Å². The van der Waals surface area contributed by atoms with E-state index in [9.17, 15) is 0 Å². The Balaban J connectivity index is 0.000000259. The van der Waals surface area contributed by atoms with Crippen LogP contribution in [0.15, 0.2) is 212 Å². The summed E-state index contributed by atoms with van der Waals surface area (Å²) < 4.78 is 0. The largest absolute Gasteiger partial charge is 0.363 e. The number of para-hydroxylation sites is 5. The molecule has 5 heterocycles. The summed E-state index contributed by atoms with van der Waals surface area (Å²) in [6.45, 7) is 103. The molecule has 0 saturated carbocycles. The molecule has 9 atom stereocenters. The highest BCUT2D eigenvalue weighted by molar-refractivity contribution is 5.88. The van der Waals surface area contributed by atoms with Gasteiger partial charge in [0, 0.05) is 110 Å². The molecule has 0 aromatic heterocycles. The number of rotatable bonds is 18. The van der Waals surface area contributed by atoms with E-state index in [2.05, 4.69) is 479 Å². The maximum Gasteiger partial charge on any atom is 0.0443 e. The molecule has 4 unspecified atom stereocenters. The van der Waals surface area contributed by atoms with Gasteiger partial charge in [-0.1, -0.05) is 412 Å². The van der Waals surface area contributed by atoms with Gasteiger partial charge in [-0.3, -0.25) is 0 Å². The Morgan fingerprint density at radius 3 is 0.862 bits per heavy atom. The van der Waals surface area contributed by atoms with E-state index >= 15 is 0 Å². The van der Waals surface area contributed by atoms with Crippen LogP contribution in [0.2, 0.25) is 0 Å². The maximum absolute atomic E-state index is 2.77. The lowest BCUT2D eigenvalue weighted by Gasteiger charge is -2.41. The zero-order valence-corrected chi connectivity index (χ0v) is 97.0. The predicted molar refractivity (Wildman–Crippen MR) is 622 cm³/mol. The highest BCUT2D eigenvalue weighted by Crippen LogP contribution is 2.57. The number of benzene rings is 10. The summed E-state index contributed by atoms with van der Waals surface area (Å²) >= 11 is 0. The Morgan fingerprint density at radius 1 is 0.297 bits per heavy atom. The Morgan fingerprint density at radius 2 is 0.565 bits per heavy atom. The second-order valence-corrected chi connectivity index (χ2v) is 45.6. The van der Waals surface area contributed by atoms with E-state index in [1.165, 1.54) is 155 Å². The lowest BCUT2D eigenvalue weighted by molar-refractivity contribution is 0.329. The van der Waals surface area contributed by atoms with Gasteiger partial charge in [0.15, 0.2) is 0 Å². The third kappa shape index (κ3) is 26.5. The van der Waals surface area contributed by atoms with E-state index in [1.54, 1.807) is 5.56 Å². The lowest BCUT2D eigenvalue weighted by atomic mass is 9.82. The van der Waals surface area contributed by atoms with E-state index < -0.39 is 0 Å². The highest BCUT2D eigenvalue weighted by Gasteiger charge is 2.53. The fraction of sp³-hybridized carbons (Fsp3) is 0.564. The van der Waals surface area contributed by atoms with Crippen LogP contribution in [0.3, 0.4) is 0 Å². The van der Waals surface area contributed by atoms with Crippen molar-refractivity contribution in [2.45, 2.75) is 486 Å². The second-order valence-electron chi connectivity index (χ2n) is 45.6. The summed E-state index contributed by atoms with van der Waals surface area (Å²) in [5.41, 5.74) is 32.4. The Kier molecular flexibility index (Phi) is 44.0. The van der Waals surface area contributed by atoms with Gasteiger partial charge in [-0.05, 0) is 311 Å². The van der Waals surface area contributed by atoms with Crippen LogP contribution in [-0.2, 0) is 37.5 Å². The van der Waals surface area contributed by atoms with Crippen LogP contribution in [0, 0.1) is 19.3 Å². The second kappa shape index (κ2) is 51.4. The molecule has 0 spiro atoms. The summed E-state index contributed by atoms with van der Waals surface area (Å²) in [5.74, 6) is 4.44. The molecule has 15 rings (SSSR count). The van der Waals surface area contributed by atoms with Gasteiger partial charge < -0.3 is 24.5 Å². The molecule has 5 saturated heterocycles.